The number of imidazole rings is 1. The number of aliphatic hydroxyl groups excluding tert-OH is 1. The van der Waals surface area contributed by atoms with Gasteiger partial charge >= 0.3 is 0 Å². The summed E-state index contributed by atoms with van der Waals surface area (Å²) in [4.78, 5) is 4.28. The zero-order valence-corrected chi connectivity index (χ0v) is 15.6. The molecule has 1 spiro atoms. The lowest BCUT2D eigenvalue weighted by Crippen LogP contribution is -2.59. The predicted octanol–water partition coefficient (Wildman–Crippen LogP) is 2.17. The third-order valence-electron chi connectivity index (χ3n) is 6.85. The first-order chi connectivity index (χ1) is 13.0. The van der Waals surface area contributed by atoms with Gasteiger partial charge in [0, 0.05) is 24.6 Å². The van der Waals surface area contributed by atoms with Crippen LogP contribution >= 0.6 is 0 Å². The molecule has 0 amide bonds. The number of nitrogens with zero attached hydrogens (tertiary/aromatic N) is 3. The van der Waals surface area contributed by atoms with Crippen molar-refractivity contribution in [1.29, 1.82) is 0 Å². The molecule has 8 heteroatoms. The number of hydrogen-bond acceptors (Lipinski definition) is 4. The molecule has 144 valence electrons. The molecule has 2 fully saturated rings. The molecule has 0 bridgehead atoms. The zero-order chi connectivity index (χ0) is 18.8. The minimum Gasteiger partial charge on any atom is -0.392 e. The van der Waals surface area contributed by atoms with Gasteiger partial charge in [0.05, 0.1) is 30.4 Å². The van der Waals surface area contributed by atoms with Crippen LogP contribution in [0.15, 0.2) is 36.8 Å². The number of aliphatic hydroxyl groups is 1. The summed E-state index contributed by atoms with van der Waals surface area (Å²) in [5.41, 5.74) is 3.20. The molecule has 0 unspecified atom stereocenters. The fourth-order valence-corrected chi connectivity index (χ4v) is 6.25. The number of halogens is 1. The summed E-state index contributed by atoms with van der Waals surface area (Å²) in [6.07, 6.45) is 5.19. The third-order valence-corrected chi connectivity index (χ3v) is 8.28. The summed E-state index contributed by atoms with van der Waals surface area (Å²) in [7, 11) is -3.80. The van der Waals surface area contributed by atoms with Gasteiger partial charge in [0.2, 0.25) is 16.0 Å². The molecular weight excluding hydrogens is 369 g/mol. The molecule has 2 aromatic rings. The fraction of sp³-hybridized carbons (Fsp3) is 0.526. The Bertz CT molecular complexity index is 982. The fourth-order valence-electron chi connectivity index (χ4n) is 5.37. The zero-order valence-electron chi connectivity index (χ0n) is 14.8. The Morgan fingerprint density at radius 1 is 1.26 bits per heavy atom. The lowest BCUT2D eigenvalue weighted by atomic mass is 9.53. The van der Waals surface area contributed by atoms with Crippen LogP contribution in [0, 0.1) is 11.3 Å². The summed E-state index contributed by atoms with van der Waals surface area (Å²) in [6.45, 7) is 0.571. The Morgan fingerprint density at radius 3 is 2.70 bits per heavy atom. The van der Waals surface area contributed by atoms with Crippen LogP contribution in [0.4, 0.5) is 4.39 Å². The summed E-state index contributed by atoms with van der Waals surface area (Å²) < 4.78 is 39.6. The van der Waals surface area contributed by atoms with Crippen molar-refractivity contribution in [1.82, 2.24) is 13.9 Å². The first-order valence-corrected chi connectivity index (χ1v) is 10.9. The van der Waals surface area contributed by atoms with E-state index >= 15 is 0 Å². The molecule has 5 rings (SSSR count). The van der Waals surface area contributed by atoms with Gasteiger partial charge in [-0.15, -0.1) is 0 Å². The Labute approximate surface area is 157 Å². The van der Waals surface area contributed by atoms with Crippen molar-refractivity contribution in [3.8, 4) is 11.3 Å². The maximum absolute atomic E-state index is 12.8. The minimum absolute atomic E-state index is 0.0620. The van der Waals surface area contributed by atoms with E-state index in [2.05, 4.69) is 21.7 Å². The number of benzene rings is 1. The molecule has 1 saturated carbocycles. The van der Waals surface area contributed by atoms with Gasteiger partial charge < -0.3 is 9.67 Å². The summed E-state index contributed by atoms with van der Waals surface area (Å²) >= 11 is 0. The Morgan fingerprint density at radius 2 is 2.00 bits per heavy atom. The first-order valence-electron chi connectivity index (χ1n) is 9.30. The normalized spacial score (nSPS) is 29.3. The number of fused-ring (bicyclic) bond motifs is 3. The van der Waals surface area contributed by atoms with E-state index in [1.54, 1.807) is 0 Å². The van der Waals surface area contributed by atoms with E-state index in [0.717, 1.165) is 17.7 Å². The maximum Gasteiger partial charge on any atom is 0.243 e. The van der Waals surface area contributed by atoms with Crippen LogP contribution in [0.2, 0.25) is 0 Å². The number of sulfonamides is 1. The van der Waals surface area contributed by atoms with Crippen molar-refractivity contribution < 1.29 is 17.9 Å². The molecule has 1 aliphatic carbocycles. The van der Waals surface area contributed by atoms with Crippen molar-refractivity contribution in [2.45, 2.75) is 31.4 Å². The lowest BCUT2D eigenvalue weighted by Gasteiger charge is -2.57. The van der Waals surface area contributed by atoms with Gasteiger partial charge in [0.1, 0.15) is 0 Å². The van der Waals surface area contributed by atoms with Gasteiger partial charge in [-0.1, -0.05) is 24.3 Å². The van der Waals surface area contributed by atoms with E-state index in [0.29, 0.717) is 12.8 Å². The van der Waals surface area contributed by atoms with Gasteiger partial charge in [-0.2, -0.15) is 4.31 Å². The van der Waals surface area contributed by atoms with E-state index < -0.39 is 22.1 Å². The van der Waals surface area contributed by atoms with Crippen molar-refractivity contribution in [2.75, 3.05) is 19.1 Å². The van der Waals surface area contributed by atoms with E-state index in [1.165, 1.54) is 9.87 Å². The van der Waals surface area contributed by atoms with Crippen LogP contribution in [-0.2, 0) is 10.0 Å². The monoisotopic (exact) mass is 391 g/mol. The average Bonchev–Trinajstić information content (AvgIpc) is 3.27. The number of hydrogen-bond donors (Lipinski definition) is 1. The average molecular weight is 391 g/mol. The highest BCUT2D eigenvalue weighted by Crippen LogP contribution is 2.59. The molecule has 1 N–H and O–H groups in total. The van der Waals surface area contributed by atoms with Crippen molar-refractivity contribution in [2.24, 2.45) is 11.3 Å². The van der Waals surface area contributed by atoms with E-state index in [4.69, 9.17) is 0 Å². The summed E-state index contributed by atoms with van der Waals surface area (Å²) in [6, 6.07) is 6.94. The number of aromatic nitrogens is 2. The van der Waals surface area contributed by atoms with Crippen LogP contribution in [0.1, 0.15) is 30.9 Å². The molecule has 1 saturated heterocycles. The van der Waals surface area contributed by atoms with Gasteiger partial charge in [0.25, 0.3) is 0 Å². The van der Waals surface area contributed by atoms with Gasteiger partial charge in [0.15, 0.2) is 0 Å². The van der Waals surface area contributed by atoms with E-state index in [-0.39, 0.29) is 30.5 Å². The highest BCUT2D eigenvalue weighted by molar-refractivity contribution is 7.88. The second-order valence-corrected chi connectivity index (χ2v) is 9.91. The smallest absolute Gasteiger partial charge is 0.243 e. The number of rotatable bonds is 3. The maximum atomic E-state index is 12.8. The molecule has 27 heavy (non-hydrogen) atoms. The predicted molar refractivity (Wildman–Crippen MR) is 98.1 cm³/mol. The molecule has 3 heterocycles. The molecule has 3 aliphatic rings. The molecular formula is C19H22FN3O3S. The van der Waals surface area contributed by atoms with Crippen LogP contribution in [0.25, 0.3) is 11.3 Å². The SMILES string of the molecule is O=S(=O)(CF)N1CCC2(CC1)C[C@H]([C@@H]1c3ccccc3-c3cncn31)[C@@H]2O. The molecule has 3 atom stereocenters. The second kappa shape index (κ2) is 5.86. The van der Waals surface area contributed by atoms with Crippen LogP contribution in [0.5, 0.6) is 0 Å². The van der Waals surface area contributed by atoms with Crippen molar-refractivity contribution in [3.63, 3.8) is 0 Å². The Hall–Kier alpha value is -1.77. The van der Waals surface area contributed by atoms with Gasteiger partial charge in [-0.05, 0) is 30.2 Å². The Balaban J connectivity index is 1.37. The van der Waals surface area contributed by atoms with Gasteiger partial charge in [-0.25, -0.2) is 17.8 Å². The van der Waals surface area contributed by atoms with Crippen LogP contribution < -0.4 is 0 Å². The molecule has 2 aliphatic heterocycles. The topological polar surface area (TPSA) is 75.4 Å². The van der Waals surface area contributed by atoms with E-state index in [9.17, 15) is 17.9 Å². The Kier molecular flexibility index (Phi) is 3.76. The molecule has 1 aromatic carbocycles. The van der Waals surface area contributed by atoms with Crippen LogP contribution in [0.3, 0.4) is 0 Å². The number of alkyl halides is 1. The summed E-state index contributed by atoms with van der Waals surface area (Å²) in [5.74, 6) is 0.0749. The van der Waals surface area contributed by atoms with Gasteiger partial charge in [-0.3, -0.25) is 0 Å². The van der Waals surface area contributed by atoms with Crippen molar-refractivity contribution in [3.05, 3.63) is 42.4 Å². The summed E-state index contributed by atoms with van der Waals surface area (Å²) in [5, 5.41) is 11.1. The second-order valence-electron chi connectivity index (χ2n) is 8.01. The van der Waals surface area contributed by atoms with E-state index in [1.807, 2.05) is 24.7 Å². The number of piperidine rings is 1. The van der Waals surface area contributed by atoms with Crippen LogP contribution in [-0.4, -0.2) is 52.6 Å². The lowest BCUT2D eigenvalue weighted by molar-refractivity contribution is -0.152. The highest BCUT2D eigenvalue weighted by atomic mass is 32.2. The molecule has 0 radical (unpaired) electrons. The standard InChI is InChI=1S/C19H22FN3O3S/c20-11-27(25,26)22-7-5-19(6-8-22)9-15(18(19)24)17-14-4-2-1-3-13(14)16-10-21-12-23(16)17/h1-4,10,12,15,17-18,24H,5-9,11H2/t15-,17+,18+/m1/s1. The molecule has 1 aromatic heterocycles. The minimum atomic E-state index is -3.80. The first kappa shape index (κ1) is 17.3. The molecule has 6 nitrogen and oxygen atoms in total. The largest absolute Gasteiger partial charge is 0.392 e. The quantitative estimate of drug-likeness (QED) is 0.870. The third kappa shape index (κ3) is 2.36. The van der Waals surface area contributed by atoms with Crippen molar-refractivity contribution >= 4 is 10.0 Å². The highest BCUT2D eigenvalue weighted by Gasteiger charge is 2.58.